The molecule has 1 N–H and O–H groups in total. The molecule has 0 amide bonds. The van der Waals surface area contributed by atoms with E-state index in [9.17, 15) is 5.11 Å². The van der Waals surface area contributed by atoms with Crippen molar-refractivity contribution in [3.63, 3.8) is 0 Å². The van der Waals surface area contributed by atoms with E-state index in [0.717, 1.165) is 33.7 Å². The lowest BCUT2D eigenvalue weighted by Crippen LogP contribution is -2.31. The molecule has 3 aromatic carbocycles. The van der Waals surface area contributed by atoms with Crippen LogP contribution >= 0.6 is 0 Å². The highest BCUT2D eigenvalue weighted by Gasteiger charge is 2.23. The van der Waals surface area contributed by atoms with Gasteiger partial charge in [0, 0.05) is 39.4 Å². The van der Waals surface area contributed by atoms with Crippen LogP contribution in [0.3, 0.4) is 0 Å². The molecule has 0 radical (unpaired) electrons. The van der Waals surface area contributed by atoms with Crippen molar-refractivity contribution in [2.75, 3.05) is 26.8 Å². The monoisotopic (exact) mass is 471 g/mol. The molecule has 0 aliphatic heterocycles. The van der Waals surface area contributed by atoms with E-state index >= 15 is 0 Å². The molecule has 4 rings (SSSR count). The molecule has 35 heavy (non-hydrogen) atoms. The summed E-state index contributed by atoms with van der Waals surface area (Å²) in [7, 11) is 3.59. The third-order valence-electron chi connectivity index (χ3n) is 5.95. The molecule has 1 unspecified atom stereocenters. The fourth-order valence-corrected chi connectivity index (χ4v) is 4.15. The number of aliphatic hydroxyl groups excluding tert-OH is 1. The van der Waals surface area contributed by atoms with Gasteiger partial charge in [0.1, 0.15) is 11.4 Å². The molecular weight excluding hydrogens is 438 g/mol. The number of ether oxygens (including phenoxy) is 2. The molecule has 1 aromatic heterocycles. The van der Waals surface area contributed by atoms with Crippen LogP contribution in [0.1, 0.15) is 22.8 Å². The van der Waals surface area contributed by atoms with Gasteiger partial charge in [-0.15, -0.1) is 0 Å². The van der Waals surface area contributed by atoms with Crippen LogP contribution in [0.4, 0.5) is 0 Å². The number of methoxy groups -OCH3 is 1. The minimum Gasteiger partial charge on any atom is -0.439 e. The van der Waals surface area contributed by atoms with E-state index in [1.165, 1.54) is 0 Å². The molecule has 6 nitrogen and oxygen atoms in total. The molecule has 6 heteroatoms. The summed E-state index contributed by atoms with van der Waals surface area (Å²) >= 11 is 0. The van der Waals surface area contributed by atoms with Gasteiger partial charge in [-0.25, -0.2) is 4.68 Å². The first-order valence-corrected chi connectivity index (χ1v) is 11.8. The zero-order valence-corrected chi connectivity index (χ0v) is 20.6. The van der Waals surface area contributed by atoms with Crippen molar-refractivity contribution in [1.29, 1.82) is 0 Å². The number of aliphatic hydroxyl groups is 1. The minimum atomic E-state index is -0.619. The van der Waals surface area contributed by atoms with Crippen molar-refractivity contribution in [2.45, 2.75) is 19.6 Å². The maximum atomic E-state index is 11.0. The van der Waals surface area contributed by atoms with Gasteiger partial charge in [0.25, 0.3) is 0 Å². The van der Waals surface area contributed by atoms with E-state index in [4.69, 9.17) is 14.6 Å². The average Bonchev–Trinajstić information content (AvgIpc) is 3.18. The summed E-state index contributed by atoms with van der Waals surface area (Å²) in [5.74, 6) is 1.45. The van der Waals surface area contributed by atoms with Gasteiger partial charge in [0.05, 0.1) is 18.3 Å². The zero-order valence-electron chi connectivity index (χ0n) is 20.6. The molecule has 0 aliphatic carbocycles. The summed E-state index contributed by atoms with van der Waals surface area (Å²) in [6.07, 6.45) is -0.619. The molecule has 0 saturated carbocycles. The van der Waals surface area contributed by atoms with E-state index in [-0.39, 0.29) is 0 Å². The van der Waals surface area contributed by atoms with Crippen molar-refractivity contribution in [3.8, 4) is 22.9 Å². The normalized spacial score (nSPS) is 12.1. The Labute approximate surface area is 207 Å². The van der Waals surface area contributed by atoms with Gasteiger partial charge < -0.3 is 14.6 Å². The number of aryl methyl sites for hydroxylation is 2. The van der Waals surface area contributed by atoms with Crippen molar-refractivity contribution in [2.24, 2.45) is 7.05 Å². The summed E-state index contributed by atoms with van der Waals surface area (Å²) in [5.41, 5.74) is 4.87. The van der Waals surface area contributed by atoms with Gasteiger partial charge in [-0.1, -0.05) is 72.8 Å². The molecule has 0 bridgehead atoms. The van der Waals surface area contributed by atoms with Gasteiger partial charge >= 0.3 is 0 Å². The molecule has 0 saturated heterocycles. The second kappa shape index (κ2) is 11.8. The van der Waals surface area contributed by atoms with Crippen LogP contribution in [-0.4, -0.2) is 46.6 Å². The number of hydrogen-bond acceptors (Lipinski definition) is 5. The van der Waals surface area contributed by atoms with Crippen LogP contribution in [0.15, 0.2) is 84.9 Å². The van der Waals surface area contributed by atoms with Crippen LogP contribution in [0.25, 0.3) is 11.3 Å². The predicted octanol–water partition coefficient (Wildman–Crippen LogP) is 5.37. The summed E-state index contributed by atoms with van der Waals surface area (Å²) in [6, 6.07) is 27.9. The molecular formula is C29H33N3O3. The lowest BCUT2D eigenvalue weighted by atomic mass is 10.1. The summed E-state index contributed by atoms with van der Waals surface area (Å²) in [5, 5.41) is 15.8. The van der Waals surface area contributed by atoms with Gasteiger partial charge in [0.15, 0.2) is 0 Å². The highest BCUT2D eigenvalue weighted by Crippen LogP contribution is 2.34. The van der Waals surface area contributed by atoms with Crippen molar-refractivity contribution < 1.29 is 14.6 Å². The minimum absolute atomic E-state index is 0.459. The lowest BCUT2D eigenvalue weighted by molar-refractivity contribution is 0.0846. The van der Waals surface area contributed by atoms with E-state index < -0.39 is 6.10 Å². The molecule has 0 fully saturated rings. The second-order valence-corrected chi connectivity index (χ2v) is 8.69. The molecule has 1 heterocycles. The Balaban J connectivity index is 1.69. The van der Waals surface area contributed by atoms with Crippen molar-refractivity contribution >= 4 is 0 Å². The Hall–Kier alpha value is -3.45. The number of nitrogens with zero attached hydrogens (tertiary/aromatic N) is 3. The first kappa shape index (κ1) is 24.7. The van der Waals surface area contributed by atoms with Gasteiger partial charge in [-0.05, 0) is 30.2 Å². The number of hydrogen-bond donors (Lipinski definition) is 1. The maximum Gasteiger partial charge on any atom is 0.222 e. The zero-order chi connectivity index (χ0) is 24.6. The molecule has 182 valence electrons. The van der Waals surface area contributed by atoms with Crippen LogP contribution in [0, 0.1) is 6.92 Å². The fourth-order valence-electron chi connectivity index (χ4n) is 4.15. The highest BCUT2D eigenvalue weighted by molar-refractivity contribution is 5.65. The van der Waals surface area contributed by atoms with E-state index in [1.807, 2.05) is 86.8 Å². The maximum absolute atomic E-state index is 11.0. The molecule has 0 aliphatic rings. The number of benzene rings is 3. The standard InChI is InChI=1S/C29H33N3O3/c1-22-11-10-16-25(19-22)35-29-26(28(30-31(29)2)24-14-8-5-9-15-24)20-32(17-18-34-3)21-27(33)23-12-6-4-7-13-23/h4-16,19,27,33H,17-18,20-21H2,1-3H3. The van der Waals surface area contributed by atoms with Crippen LogP contribution in [0.2, 0.25) is 0 Å². The molecule has 4 aromatic rings. The quantitative estimate of drug-likeness (QED) is 0.319. The van der Waals surface area contributed by atoms with E-state index in [0.29, 0.717) is 32.1 Å². The third kappa shape index (κ3) is 6.36. The summed E-state index contributed by atoms with van der Waals surface area (Å²) < 4.78 is 13.6. The predicted molar refractivity (Wildman–Crippen MR) is 138 cm³/mol. The Morgan fingerprint density at radius 3 is 2.37 bits per heavy atom. The van der Waals surface area contributed by atoms with E-state index in [2.05, 4.69) is 17.0 Å². The Morgan fingerprint density at radius 1 is 0.971 bits per heavy atom. The number of aromatic nitrogens is 2. The topological polar surface area (TPSA) is 59.8 Å². The Bertz CT molecular complexity index is 1210. The second-order valence-electron chi connectivity index (χ2n) is 8.69. The fraction of sp³-hybridized carbons (Fsp3) is 0.276. The summed E-state index contributed by atoms with van der Waals surface area (Å²) in [4.78, 5) is 2.19. The van der Waals surface area contributed by atoms with Crippen molar-refractivity contribution in [3.05, 3.63) is 102 Å². The highest BCUT2D eigenvalue weighted by atomic mass is 16.5. The van der Waals surface area contributed by atoms with Crippen molar-refractivity contribution in [1.82, 2.24) is 14.7 Å². The Morgan fingerprint density at radius 2 is 1.69 bits per heavy atom. The Kier molecular flexibility index (Phi) is 8.32. The first-order valence-electron chi connectivity index (χ1n) is 11.8. The van der Waals surface area contributed by atoms with E-state index in [1.54, 1.807) is 11.8 Å². The summed E-state index contributed by atoms with van der Waals surface area (Å²) in [6.45, 7) is 4.26. The largest absolute Gasteiger partial charge is 0.439 e. The lowest BCUT2D eigenvalue weighted by Gasteiger charge is -2.25. The molecule has 0 spiro atoms. The number of rotatable bonds is 11. The third-order valence-corrected chi connectivity index (χ3v) is 5.95. The average molecular weight is 472 g/mol. The van der Waals surface area contributed by atoms with Crippen LogP contribution < -0.4 is 4.74 Å². The van der Waals surface area contributed by atoms with Crippen LogP contribution in [0.5, 0.6) is 11.6 Å². The van der Waals surface area contributed by atoms with Gasteiger partial charge in [-0.2, -0.15) is 5.10 Å². The first-order chi connectivity index (χ1) is 17.0. The smallest absolute Gasteiger partial charge is 0.222 e. The van der Waals surface area contributed by atoms with Crippen LogP contribution in [-0.2, 0) is 18.3 Å². The molecule has 1 atom stereocenters. The SMILES string of the molecule is COCCN(Cc1c(-c2ccccc2)nn(C)c1Oc1cccc(C)c1)CC(O)c1ccccc1. The van der Waals surface area contributed by atoms with Gasteiger partial charge in [-0.3, -0.25) is 4.90 Å². The van der Waals surface area contributed by atoms with Gasteiger partial charge in [0.2, 0.25) is 5.88 Å².